The minimum absolute atomic E-state index is 0.0117. The fraction of sp³-hybridized carbons (Fsp3) is 0.389. The third-order valence-corrected chi connectivity index (χ3v) is 6.51. The molecule has 24 heavy (non-hydrogen) atoms. The molecule has 1 aliphatic heterocycles. The number of nitrogens with zero attached hydrogens (tertiary/aromatic N) is 1. The first-order valence-corrected chi connectivity index (χ1v) is 9.72. The lowest BCUT2D eigenvalue weighted by Crippen LogP contribution is -2.48. The zero-order valence-corrected chi connectivity index (χ0v) is 14.6. The highest BCUT2D eigenvalue weighted by Gasteiger charge is 2.31. The van der Waals surface area contributed by atoms with E-state index in [9.17, 15) is 13.2 Å². The van der Waals surface area contributed by atoms with Gasteiger partial charge in [-0.2, -0.15) is 0 Å². The van der Waals surface area contributed by atoms with Gasteiger partial charge in [-0.1, -0.05) is 42.5 Å². The first-order valence-electron chi connectivity index (χ1n) is 8.18. The second-order valence-electron chi connectivity index (χ2n) is 6.17. The zero-order valence-electron chi connectivity index (χ0n) is 13.7. The summed E-state index contributed by atoms with van der Waals surface area (Å²) in [6.45, 7) is 0.895. The summed E-state index contributed by atoms with van der Waals surface area (Å²) >= 11 is 0. The number of fused-ring (bicyclic) bond motifs is 1. The van der Waals surface area contributed by atoms with Crippen LogP contribution in [0.5, 0.6) is 0 Å². The number of likely N-dealkylation sites (tertiary alicyclic amines) is 1. The van der Waals surface area contributed by atoms with Crippen LogP contribution in [0.15, 0.2) is 42.5 Å². The molecule has 2 aromatic carbocycles. The normalized spacial score (nSPS) is 18.7. The Morgan fingerprint density at radius 1 is 1.21 bits per heavy atom. The first-order chi connectivity index (χ1) is 11.5. The molecule has 0 unspecified atom stereocenters. The summed E-state index contributed by atoms with van der Waals surface area (Å²) in [6.07, 6.45) is 1.61. The number of hydrogen-bond acceptors (Lipinski definition) is 3. The van der Waals surface area contributed by atoms with Crippen molar-refractivity contribution in [2.75, 3.05) is 20.1 Å². The van der Waals surface area contributed by atoms with Gasteiger partial charge in [0.1, 0.15) is 0 Å². The van der Waals surface area contributed by atoms with Crippen LogP contribution in [0.25, 0.3) is 10.8 Å². The molecule has 5 nitrogen and oxygen atoms in total. The minimum Gasteiger partial charge on any atom is -0.341 e. The second-order valence-corrected chi connectivity index (χ2v) is 8.33. The fourth-order valence-electron chi connectivity index (χ4n) is 3.31. The van der Waals surface area contributed by atoms with Crippen molar-refractivity contribution in [1.82, 2.24) is 9.62 Å². The van der Waals surface area contributed by atoms with Crippen molar-refractivity contribution in [2.45, 2.75) is 24.5 Å². The number of sulfonamides is 1. The van der Waals surface area contributed by atoms with Gasteiger partial charge >= 0.3 is 0 Å². The van der Waals surface area contributed by atoms with Crippen LogP contribution in [0.4, 0.5) is 0 Å². The smallest absolute Gasteiger partial charge is 0.227 e. The van der Waals surface area contributed by atoms with Gasteiger partial charge in [-0.3, -0.25) is 4.79 Å². The van der Waals surface area contributed by atoms with Gasteiger partial charge in [0.15, 0.2) is 0 Å². The number of carbonyl (C=O) groups excluding carboxylic acids is 1. The lowest BCUT2D eigenvalue weighted by Gasteiger charge is -2.32. The Balaban J connectivity index is 1.77. The summed E-state index contributed by atoms with van der Waals surface area (Å²) in [5, 5.41) is 1.66. The van der Waals surface area contributed by atoms with Crippen molar-refractivity contribution < 1.29 is 13.2 Å². The van der Waals surface area contributed by atoms with E-state index in [0.717, 1.165) is 16.3 Å². The van der Waals surface area contributed by atoms with Gasteiger partial charge in [-0.05, 0) is 36.2 Å². The zero-order chi connectivity index (χ0) is 17.2. The molecule has 6 heteroatoms. The lowest BCUT2D eigenvalue weighted by atomic mass is 10.0. The van der Waals surface area contributed by atoms with Crippen LogP contribution in [-0.4, -0.2) is 44.6 Å². The molecule has 1 fully saturated rings. The van der Waals surface area contributed by atoms with Crippen LogP contribution in [0.2, 0.25) is 0 Å². The maximum atomic E-state index is 12.7. The third-order valence-electron chi connectivity index (χ3n) is 4.68. The van der Waals surface area contributed by atoms with Crippen LogP contribution >= 0.6 is 0 Å². The van der Waals surface area contributed by atoms with Crippen LogP contribution in [0, 0.1) is 0 Å². The van der Waals surface area contributed by atoms with Crippen LogP contribution in [-0.2, 0) is 21.2 Å². The number of hydrogen-bond donors (Lipinski definition) is 1. The van der Waals surface area contributed by atoms with Crippen molar-refractivity contribution in [3.8, 4) is 0 Å². The van der Waals surface area contributed by atoms with E-state index in [1.54, 1.807) is 4.90 Å². The standard InChI is InChI=1S/C18H22N2O3S/c1-19-24(22,23)16-9-5-11-20(13-16)18(21)12-15-8-4-7-14-6-2-3-10-17(14)15/h2-4,6-8,10,16,19H,5,9,11-13H2,1H3/t16-/m0/s1. The molecule has 128 valence electrons. The average Bonchev–Trinajstić information content (AvgIpc) is 2.62. The molecule has 0 spiro atoms. The quantitative estimate of drug-likeness (QED) is 0.920. The van der Waals surface area contributed by atoms with Crippen molar-refractivity contribution in [3.05, 3.63) is 48.0 Å². The van der Waals surface area contributed by atoms with Crippen molar-refractivity contribution in [1.29, 1.82) is 0 Å². The van der Waals surface area contributed by atoms with Crippen LogP contribution in [0.1, 0.15) is 18.4 Å². The molecule has 1 amide bonds. The fourth-order valence-corrected chi connectivity index (χ4v) is 4.49. The van der Waals surface area contributed by atoms with E-state index in [1.807, 2.05) is 42.5 Å². The van der Waals surface area contributed by atoms with Gasteiger partial charge in [0.25, 0.3) is 0 Å². The highest BCUT2D eigenvalue weighted by Crippen LogP contribution is 2.21. The number of benzene rings is 2. The van der Waals surface area contributed by atoms with E-state index in [4.69, 9.17) is 0 Å². The summed E-state index contributed by atoms with van der Waals surface area (Å²) in [6, 6.07) is 13.9. The van der Waals surface area contributed by atoms with Crippen LogP contribution in [0.3, 0.4) is 0 Å². The Hall–Kier alpha value is -1.92. The molecule has 1 atom stereocenters. The number of carbonyl (C=O) groups is 1. The predicted octanol–water partition coefficient (Wildman–Crippen LogP) is 1.92. The topological polar surface area (TPSA) is 66.5 Å². The summed E-state index contributed by atoms with van der Waals surface area (Å²) in [4.78, 5) is 14.4. The number of rotatable bonds is 4. The SMILES string of the molecule is CNS(=O)(=O)[C@H]1CCCN(C(=O)Cc2cccc3ccccc23)C1. The second kappa shape index (κ2) is 6.91. The monoisotopic (exact) mass is 346 g/mol. The van der Waals surface area contributed by atoms with Crippen LogP contribution < -0.4 is 4.72 Å². The molecule has 3 rings (SSSR count). The molecule has 1 aliphatic rings. The summed E-state index contributed by atoms with van der Waals surface area (Å²) in [5.41, 5.74) is 0.983. The van der Waals surface area contributed by atoms with Crippen molar-refractivity contribution >= 4 is 26.7 Å². The predicted molar refractivity (Wildman–Crippen MR) is 95.2 cm³/mol. The molecular weight excluding hydrogens is 324 g/mol. The Morgan fingerprint density at radius 2 is 1.96 bits per heavy atom. The van der Waals surface area contributed by atoms with E-state index >= 15 is 0 Å². The largest absolute Gasteiger partial charge is 0.341 e. The Morgan fingerprint density at radius 3 is 2.75 bits per heavy atom. The molecular formula is C18H22N2O3S. The molecule has 1 heterocycles. The minimum atomic E-state index is -3.34. The van der Waals surface area contributed by atoms with Crippen molar-refractivity contribution in [2.24, 2.45) is 0 Å². The molecule has 0 aliphatic carbocycles. The summed E-state index contributed by atoms with van der Waals surface area (Å²) in [7, 11) is -1.92. The molecule has 1 N–H and O–H groups in total. The van der Waals surface area contributed by atoms with E-state index < -0.39 is 15.3 Å². The Bertz CT molecular complexity index is 843. The maximum Gasteiger partial charge on any atom is 0.227 e. The Kier molecular flexibility index (Phi) is 4.87. The van der Waals surface area contributed by atoms with E-state index in [-0.39, 0.29) is 12.5 Å². The van der Waals surface area contributed by atoms with Gasteiger partial charge in [0.2, 0.25) is 15.9 Å². The maximum absolute atomic E-state index is 12.7. The number of amides is 1. The molecule has 0 bridgehead atoms. The van der Waals surface area contributed by atoms with Gasteiger partial charge in [0.05, 0.1) is 11.7 Å². The first kappa shape index (κ1) is 16.9. The lowest BCUT2D eigenvalue weighted by molar-refractivity contribution is -0.131. The average molecular weight is 346 g/mol. The molecule has 0 saturated carbocycles. The molecule has 1 saturated heterocycles. The van der Waals surface area contributed by atoms with Gasteiger partial charge in [-0.15, -0.1) is 0 Å². The van der Waals surface area contributed by atoms with Gasteiger partial charge in [-0.25, -0.2) is 13.1 Å². The third kappa shape index (κ3) is 3.44. The van der Waals surface area contributed by atoms with E-state index in [1.165, 1.54) is 7.05 Å². The Labute approximate surface area is 142 Å². The molecule has 0 radical (unpaired) electrons. The summed E-state index contributed by atoms with van der Waals surface area (Å²) in [5.74, 6) is -0.0117. The van der Waals surface area contributed by atoms with Gasteiger partial charge in [0, 0.05) is 13.1 Å². The summed E-state index contributed by atoms with van der Waals surface area (Å²) < 4.78 is 26.4. The van der Waals surface area contributed by atoms with E-state index in [2.05, 4.69) is 4.72 Å². The molecule has 2 aromatic rings. The molecule has 0 aromatic heterocycles. The number of nitrogens with one attached hydrogen (secondary N) is 1. The highest BCUT2D eigenvalue weighted by atomic mass is 32.2. The number of piperidine rings is 1. The van der Waals surface area contributed by atoms with Gasteiger partial charge < -0.3 is 4.90 Å². The van der Waals surface area contributed by atoms with E-state index in [0.29, 0.717) is 25.8 Å². The highest BCUT2D eigenvalue weighted by molar-refractivity contribution is 7.90. The van der Waals surface area contributed by atoms with Crippen molar-refractivity contribution in [3.63, 3.8) is 0 Å².